The van der Waals surface area contributed by atoms with Gasteiger partial charge in [0.25, 0.3) is 0 Å². The van der Waals surface area contributed by atoms with E-state index in [1.807, 2.05) is 13.8 Å². The van der Waals surface area contributed by atoms with Crippen LogP contribution >= 0.6 is 11.6 Å². The molecule has 1 heterocycles. The lowest BCUT2D eigenvalue weighted by Crippen LogP contribution is -2.04. The number of benzene rings is 1. The number of aryl methyl sites for hydroxylation is 4. The number of hydrogen-bond donors (Lipinski definition) is 0. The molecule has 2 aromatic rings. The molecule has 1 aromatic carbocycles. The Balaban J connectivity index is 2.00. The lowest BCUT2D eigenvalue weighted by molar-refractivity contribution is 0.500. The van der Waals surface area contributed by atoms with Crippen molar-refractivity contribution >= 4 is 11.6 Å². The van der Waals surface area contributed by atoms with Crippen molar-refractivity contribution < 1.29 is 4.42 Å². The van der Waals surface area contributed by atoms with Crippen LogP contribution in [-0.4, -0.2) is 0 Å². The minimum Gasteiger partial charge on any atom is -0.466 e. The van der Waals surface area contributed by atoms with E-state index in [2.05, 4.69) is 25.1 Å². The molecule has 1 unspecified atom stereocenters. The topological polar surface area (TPSA) is 13.1 Å². The van der Waals surface area contributed by atoms with Gasteiger partial charge in [-0.2, -0.15) is 0 Å². The van der Waals surface area contributed by atoms with Gasteiger partial charge in [0.15, 0.2) is 0 Å². The van der Waals surface area contributed by atoms with E-state index in [9.17, 15) is 0 Å². The fraction of sp³-hybridized carbons (Fsp3) is 0.444. The normalized spacial score (nSPS) is 16.0. The summed E-state index contributed by atoms with van der Waals surface area (Å²) in [5, 5.41) is -0.111. The number of halogens is 1. The first kappa shape index (κ1) is 13.8. The molecule has 1 aliphatic rings. The van der Waals surface area contributed by atoms with Gasteiger partial charge >= 0.3 is 0 Å². The Kier molecular flexibility index (Phi) is 3.64. The fourth-order valence-electron chi connectivity index (χ4n) is 3.26. The SMILES string of the molecule is Cc1oc(C)c(C(Cl)c2ccc3c(c2)CCCC3)c1C. The van der Waals surface area contributed by atoms with Gasteiger partial charge in [-0.15, -0.1) is 11.6 Å². The van der Waals surface area contributed by atoms with Gasteiger partial charge in [0.05, 0.1) is 5.38 Å². The van der Waals surface area contributed by atoms with E-state index in [-0.39, 0.29) is 5.38 Å². The van der Waals surface area contributed by atoms with Crippen molar-refractivity contribution in [2.24, 2.45) is 0 Å². The Labute approximate surface area is 125 Å². The third-order valence-electron chi connectivity index (χ3n) is 4.54. The molecule has 1 nitrogen and oxygen atoms in total. The van der Waals surface area contributed by atoms with Crippen LogP contribution in [0.3, 0.4) is 0 Å². The third-order valence-corrected chi connectivity index (χ3v) is 5.01. The van der Waals surface area contributed by atoms with Crippen molar-refractivity contribution in [3.05, 3.63) is 57.5 Å². The summed E-state index contributed by atoms with van der Waals surface area (Å²) in [4.78, 5) is 0. The quantitative estimate of drug-likeness (QED) is 0.673. The van der Waals surface area contributed by atoms with E-state index < -0.39 is 0 Å². The average molecular weight is 289 g/mol. The first-order valence-electron chi connectivity index (χ1n) is 7.40. The Morgan fingerprint density at radius 2 is 1.70 bits per heavy atom. The standard InChI is InChI=1S/C18H21ClO/c1-11-12(2)20-13(3)17(11)18(19)16-9-8-14-6-4-5-7-15(14)10-16/h8-10,18H,4-7H2,1-3H3. The lowest BCUT2D eigenvalue weighted by Gasteiger charge is -2.18. The highest BCUT2D eigenvalue weighted by molar-refractivity contribution is 6.22. The van der Waals surface area contributed by atoms with Gasteiger partial charge in [-0.05, 0) is 68.7 Å². The Bertz CT molecular complexity index is 639. The molecule has 0 bridgehead atoms. The Morgan fingerprint density at radius 3 is 2.35 bits per heavy atom. The van der Waals surface area contributed by atoms with Crippen LogP contribution in [0.4, 0.5) is 0 Å². The molecule has 0 aliphatic heterocycles. The Hall–Kier alpha value is -1.21. The van der Waals surface area contributed by atoms with Gasteiger partial charge in [-0.3, -0.25) is 0 Å². The van der Waals surface area contributed by atoms with Gasteiger partial charge in [0.1, 0.15) is 11.5 Å². The number of furan rings is 1. The molecular formula is C18H21ClO. The van der Waals surface area contributed by atoms with Crippen molar-refractivity contribution in [3.8, 4) is 0 Å². The molecule has 3 rings (SSSR count). The van der Waals surface area contributed by atoms with E-state index in [1.165, 1.54) is 47.9 Å². The van der Waals surface area contributed by atoms with Crippen molar-refractivity contribution in [1.82, 2.24) is 0 Å². The summed E-state index contributed by atoms with van der Waals surface area (Å²) in [5.74, 6) is 1.92. The number of hydrogen-bond acceptors (Lipinski definition) is 1. The zero-order valence-electron chi connectivity index (χ0n) is 12.4. The van der Waals surface area contributed by atoms with Crippen LogP contribution in [0, 0.1) is 20.8 Å². The van der Waals surface area contributed by atoms with E-state index in [0.717, 1.165) is 17.1 Å². The monoisotopic (exact) mass is 288 g/mol. The number of rotatable bonds is 2. The van der Waals surface area contributed by atoms with Gasteiger partial charge < -0.3 is 4.42 Å². The predicted molar refractivity (Wildman–Crippen MR) is 83.7 cm³/mol. The second-order valence-corrected chi connectivity index (χ2v) is 6.29. The maximum absolute atomic E-state index is 6.74. The summed E-state index contributed by atoms with van der Waals surface area (Å²) in [6.07, 6.45) is 5.02. The smallest absolute Gasteiger partial charge is 0.106 e. The highest BCUT2D eigenvalue weighted by Crippen LogP contribution is 2.37. The van der Waals surface area contributed by atoms with E-state index in [0.29, 0.717) is 0 Å². The molecule has 0 saturated heterocycles. The Morgan fingerprint density at radius 1 is 1.00 bits per heavy atom. The first-order chi connectivity index (χ1) is 9.58. The summed E-state index contributed by atoms with van der Waals surface area (Å²) in [6, 6.07) is 6.74. The molecule has 0 saturated carbocycles. The zero-order chi connectivity index (χ0) is 14.3. The number of alkyl halides is 1. The molecular weight excluding hydrogens is 268 g/mol. The van der Waals surface area contributed by atoms with Crippen molar-refractivity contribution in [2.75, 3.05) is 0 Å². The second kappa shape index (κ2) is 5.29. The second-order valence-electron chi connectivity index (χ2n) is 5.85. The maximum Gasteiger partial charge on any atom is 0.106 e. The van der Waals surface area contributed by atoms with Crippen LogP contribution in [0.1, 0.15) is 57.6 Å². The molecule has 0 N–H and O–H groups in total. The summed E-state index contributed by atoms with van der Waals surface area (Å²) in [7, 11) is 0. The lowest BCUT2D eigenvalue weighted by atomic mass is 9.89. The zero-order valence-corrected chi connectivity index (χ0v) is 13.2. The number of fused-ring (bicyclic) bond motifs is 1. The molecule has 0 amide bonds. The highest BCUT2D eigenvalue weighted by atomic mass is 35.5. The van der Waals surface area contributed by atoms with Crippen molar-refractivity contribution in [3.63, 3.8) is 0 Å². The largest absolute Gasteiger partial charge is 0.466 e. The molecule has 1 atom stereocenters. The van der Waals surface area contributed by atoms with Crippen LogP contribution in [0.25, 0.3) is 0 Å². The van der Waals surface area contributed by atoms with Crippen LogP contribution in [0.5, 0.6) is 0 Å². The summed E-state index contributed by atoms with van der Waals surface area (Å²) in [6.45, 7) is 6.10. The molecule has 20 heavy (non-hydrogen) atoms. The maximum atomic E-state index is 6.74. The van der Waals surface area contributed by atoms with E-state index in [1.54, 1.807) is 0 Å². The molecule has 1 aromatic heterocycles. The van der Waals surface area contributed by atoms with Crippen LogP contribution in [0.15, 0.2) is 22.6 Å². The molecule has 2 heteroatoms. The molecule has 0 spiro atoms. The van der Waals surface area contributed by atoms with E-state index in [4.69, 9.17) is 16.0 Å². The summed E-state index contributed by atoms with van der Waals surface area (Å²) >= 11 is 6.74. The third kappa shape index (κ3) is 2.29. The van der Waals surface area contributed by atoms with Gasteiger partial charge in [-0.25, -0.2) is 0 Å². The molecule has 106 valence electrons. The van der Waals surface area contributed by atoms with Crippen molar-refractivity contribution in [2.45, 2.75) is 51.8 Å². The van der Waals surface area contributed by atoms with E-state index >= 15 is 0 Å². The minimum absolute atomic E-state index is 0.111. The van der Waals surface area contributed by atoms with Gasteiger partial charge in [0.2, 0.25) is 0 Å². The van der Waals surface area contributed by atoms with Gasteiger partial charge in [-0.1, -0.05) is 18.2 Å². The van der Waals surface area contributed by atoms with Gasteiger partial charge in [0, 0.05) is 5.56 Å². The highest BCUT2D eigenvalue weighted by Gasteiger charge is 2.22. The average Bonchev–Trinajstić information content (AvgIpc) is 2.71. The van der Waals surface area contributed by atoms with Crippen LogP contribution < -0.4 is 0 Å². The molecule has 1 aliphatic carbocycles. The first-order valence-corrected chi connectivity index (χ1v) is 7.84. The van der Waals surface area contributed by atoms with Crippen LogP contribution in [-0.2, 0) is 12.8 Å². The molecule has 0 fully saturated rings. The summed E-state index contributed by atoms with van der Waals surface area (Å²) < 4.78 is 5.72. The van der Waals surface area contributed by atoms with Crippen LogP contribution in [0.2, 0.25) is 0 Å². The van der Waals surface area contributed by atoms with Crippen molar-refractivity contribution in [1.29, 1.82) is 0 Å². The minimum atomic E-state index is -0.111. The molecule has 0 radical (unpaired) electrons. The summed E-state index contributed by atoms with van der Waals surface area (Å²) in [5.41, 5.74) is 6.50. The predicted octanol–water partition coefficient (Wildman–Crippen LogP) is 5.41. The fourth-order valence-corrected chi connectivity index (χ4v) is 3.71.